The third-order valence-electron chi connectivity index (χ3n) is 4.12. The molecular weight excluding hydrogens is 360 g/mol. The number of nitrogens with zero attached hydrogens (tertiary/aromatic N) is 1. The van der Waals surface area contributed by atoms with Crippen LogP contribution in [0.4, 0.5) is 0 Å². The second-order valence-electron chi connectivity index (χ2n) is 6.65. The third-order valence-corrected chi connectivity index (χ3v) is 5.31. The topological polar surface area (TPSA) is 64.4 Å². The molecule has 3 aromatic rings. The van der Waals surface area contributed by atoms with Gasteiger partial charge in [-0.1, -0.05) is 24.3 Å². The first-order chi connectivity index (χ1) is 12.9. The van der Waals surface area contributed by atoms with Crippen molar-refractivity contribution in [3.05, 3.63) is 64.1 Å². The van der Waals surface area contributed by atoms with Gasteiger partial charge in [0.25, 0.3) is 5.91 Å². The molecule has 0 aliphatic carbocycles. The number of hydrogen-bond donors (Lipinski definition) is 1. The van der Waals surface area contributed by atoms with Crippen molar-refractivity contribution in [2.75, 3.05) is 0 Å². The Morgan fingerprint density at radius 3 is 2.74 bits per heavy atom. The number of thiazole rings is 1. The zero-order valence-electron chi connectivity index (χ0n) is 16.0. The number of carbonyl (C=O) groups excluding carboxylic acids is 1. The molecule has 0 aliphatic rings. The maximum absolute atomic E-state index is 12.4. The predicted octanol–water partition coefficient (Wildman–Crippen LogP) is 4.87. The molecule has 27 heavy (non-hydrogen) atoms. The van der Waals surface area contributed by atoms with E-state index in [1.807, 2.05) is 32.9 Å². The number of furan rings is 1. The van der Waals surface area contributed by atoms with Crippen LogP contribution < -0.4 is 5.32 Å². The van der Waals surface area contributed by atoms with Gasteiger partial charge in [-0.2, -0.15) is 0 Å². The summed E-state index contributed by atoms with van der Waals surface area (Å²) in [5, 5.41) is 3.88. The highest BCUT2D eigenvalue weighted by Gasteiger charge is 2.15. The van der Waals surface area contributed by atoms with Crippen LogP contribution in [0, 0.1) is 13.8 Å². The fourth-order valence-electron chi connectivity index (χ4n) is 2.59. The quantitative estimate of drug-likeness (QED) is 0.631. The summed E-state index contributed by atoms with van der Waals surface area (Å²) in [6.07, 6.45) is 0.115. The first kappa shape index (κ1) is 19.3. The molecule has 2 aromatic heterocycles. The minimum absolute atomic E-state index is 0.115. The lowest BCUT2D eigenvalue weighted by Gasteiger charge is -2.04. The van der Waals surface area contributed by atoms with Crippen molar-refractivity contribution in [1.29, 1.82) is 0 Å². The van der Waals surface area contributed by atoms with Crippen LogP contribution in [0.25, 0.3) is 10.6 Å². The summed E-state index contributed by atoms with van der Waals surface area (Å²) in [6, 6.07) is 11.6. The second-order valence-corrected chi connectivity index (χ2v) is 7.73. The first-order valence-electron chi connectivity index (χ1n) is 8.95. The van der Waals surface area contributed by atoms with E-state index in [0.29, 0.717) is 24.7 Å². The molecule has 1 N–H and O–H groups in total. The fourth-order valence-corrected chi connectivity index (χ4v) is 3.69. The lowest BCUT2D eigenvalue weighted by molar-refractivity contribution is 0.0535. The summed E-state index contributed by atoms with van der Waals surface area (Å²) < 4.78 is 11.0. The van der Waals surface area contributed by atoms with Crippen molar-refractivity contribution in [1.82, 2.24) is 10.3 Å². The highest BCUT2D eigenvalue weighted by Crippen LogP contribution is 2.30. The van der Waals surface area contributed by atoms with E-state index in [1.54, 1.807) is 23.5 Å². The van der Waals surface area contributed by atoms with Crippen molar-refractivity contribution in [3.8, 4) is 10.6 Å². The van der Waals surface area contributed by atoms with E-state index in [-0.39, 0.29) is 12.0 Å². The van der Waals surface area contributed by atoms with E-state index in [2.05, 4.69) is 29.4 Å². The molecule has 5 nitrogen and oxygen atoms in total. The van der Waals surface area contributed by atoms with E-state index in [0.717, 1.165) is 21.1 Å². The van der Waals surface area contributed by atoms with Gasteiger partial charge in [0, 0.05) is 10.4 Å². The third kappa shape index (κ3) is 4.84. The minimum atomic E-state index is -0.240. The monoisotopic (exact) mass is 384 g/mol. The molecule has 1 amide bonds. The molecule has 0 aliphatic heterocycles. The van der Waals surface area contributed by atoms with Crippen LogP contribution in [-0.2, 0) is 17.9 Å². The molecule has 6 heteroatoms. The zero-order valence-corrected chi connectivity index (χ0v) is 16.9. The molecule has 3 rings (SSSR count). The molecule has 0 fully saturated rings. The molecular formula is C21H24N2O3S. The Kier molecular flexibility index (Phi) is 6.08. The second kappa shape index (κ2) is 8.50. The van der Waals surface area contributed by atoms with Crippen molar-refractivity contribution >= 4 is 17.2 Å². The Labute approximate surface area is 163 Å². The lowest BCUT2D eigenvalue weighted by Crippen LogP contribution is -2.22. The summed E-state index contributed by atoms with van der Waals surface area (Å²) in [5.41, 5.74) is 3.25. The molecule has 142 valence electrons. The van der Waals surface area contributed by atoms with Gasteiger partial charge in [-0.25, -0.2) is 4.98 Å². The van der Waals surface area contributed by atoms with Crippen LogP contribution in [0.15, 0.2) is 40.8 Å². The van der Waals surface area contributed by atoms with Gasteiger partial charge in [-0.05, 0) is 45.4 Å². The number of benzene rings is 1. The Morgan fingerprint density at radius 2 is 2.00 bits per heavy atom. The molecule has 0 atom stereocenters. The highest BCUT2D eigenvalue weighted by atomic mass is 32.1. The van der Waals surface area contributed by atoms with Gasteiger partial charge < -0.3 is 14.5 Å². The van der Waals surface area contributed by atoms with Gasteiger partial charge in [0.1, 0.15) is 17.4 Å². The molecule has 0 radical (unpaired) electrons. The van der Waals surface area contributed by atoms with Crippen molar-refractivity contribution in [2.24, 2.45) is 0 Å². The fraction of sp³-hybridized carbons (Fsp3) is 0.333. The minimum Gasteiger partial charge on any atom is -0.453 e. The van der Waals surface area contributed by atoms with Gasteiger partial charge in [-0.3, -0.25) is 4.79 Å². The van der Waals surface area contributed by atoms with E-state index >= 15 is 0 Å². The molecule has 0 saturated carbocycles. The number of aryl methyl sites for hydroxylation is 2. The Hall–Kier alpha value is -2.44. The van der Waals surface area contributed by atoms with E-state index in [4.69, 9.17) is 9.15 Å². The maximum atomic E-state index is 12.4. The summed E-state index contributed by atoms with van der Waals surface area (Å²) in [5.74, 6) is 0.694. The summed E-state index contributed by atoms with van der Waals surface area (Å²) >= 11 is 1.60. The average molecular weight is 385 g/mol. The number of amides is 1. The number of ether oxygens (including phenoxy) is 1. The van der Waals surface area contributed by atoms with Gasteiger partial charge in [0.2, 0.25) is 0 Å². The van der Waals surface area contributed by atoms with Crippen LogP contribution >= 0.6 is 11.3 Å². The number of nitrogens with one attached hydrogen (secondary N) is 1. The van der Waals surface area contributed by atoms with E-state index < -0.39 is 0 Å². The van der Waals surface area contributed by atoms with Crippen molar-refractivity contribution in [2.45, 2.75) is 47.0 Å². The average Bonchev–Trinajstić information content (AvgIpc) is 3.25. The van der Waals surface area contributed by atoms with Gasteiger partial charge in [0.15, 0.2) is 5.76 Å². The molecule has 0 unspecified atom stereocenters. The molecule has 0 spiro atoms. The Balaban J connectivity index is 1.63. The standard InChI is InChI=1S/C21H24N2O3S/c1-13(2)25-12-16-9-10-18(26-16)20(24)22-11-19-15(4)23-21(27-19)17-8-6-5-7-14(17)3/h5-10,13H,11-12H2,1-4H3,(H,22,24). The summed E-state index contributed by atoms with van der Waals surface area (Å²) in [7, 11) is 0. The Morgan fingerprint density at radius 1 is 1.22 bits per heavy atom. The van der Waals surface area contributed by atoms with Gasteiger partial charge in [-0.15, -0.1) is 11.3 Å². The first-order valence-corrected chi connectivity index (χ1v) is 9.76. The van der Waals surface area contributed by atoms with E-state index in [9.17, 15) is 4.79 Å². The van der Waals surface area contributed by atoms with Crippen LogP contribution in [0.2, 0.25) is 0 Å². The van der Waals surface area contributed by atoms with Gasteiger partial charge in [0.05, 0.1) is 18.3 Å². The largest absolute Gasteiger partial charge is 0.453 e. The number of hydrogen-bond acceptors (Lipinski definition) is 5. The smallest absolute Gasteiger partial charge is 0.287 e. The Bertz CT molecular complexity index is 927. The van der Waals surface area contributed by atoms with Crippen molar-refractivity contribution in [3.63, 3.8) is 0 Å². The van der Waals surface area contributed by atoms with Crippen LogP contribution in [0.3, 0.4) is 0 Å². The van der Waals surface area contributed by atoms with Crippen molar-refractivity contribution < 1.29 is 13.9 Å². The zero-order chi connectivity index (χ0) is 19.4. The van der Waals surface area contributed by atoms with Gasteiger partial charge >= 0.3 is 0 Å². The lowest BCUT2D eigenvalue weighted by atomic mass is 10.1. The SMILES string of the molecule is Cc1ccccc1-c1nc(C)c(CNC(=O)c2ccc(COC(C)C)o2)s1. The van der Waals surface area contributed by atoms with Crippen LogP contribution in [0.5, 0.6) is 0 Å². The maximum Gasteiger partial charge on any atom is 0.287 e. The summed E-state index contributed by atoms with van der Waals surface area (Å²) in [4.78, 5) is 18.1. The highest BCUT2D eigenvalue weighted by molar-refractivity contribution is 7.15. The van der Waals surface area contributed by atoms with E-state index in [1.165, 1.54) is 5.56 Å². The number of rotatable bonds is 7. The number of aromatic nitrogens is 1. The molecule has 2 heterocycles. The summed E-state index contributed by atoms with van der Waals surface area (Å²) in [6.45, 7) is 8.74. The number of carbonyl (C=O) groups is 1. The molecule has 1 aromatic carbocycles. The molecule has 0 bridgehead atoms. The van der Waals surface area contributed by atoms with Crippen LogP contribution in [0.1, 0.15) is 46.3 Å². The van der Waals surface area contributed by atoms with Crippen LogP contribution in [-0.4, -0.2) is 17.0 Å². The normalized spacial score (nSPS) is 11.1. The molecule has 0 saturated heterocycles. The predicted molar refractivity (Wildman–Crippen MR) is 107 cm³/mol.